The Kier molecular flexibility index (Phi) is 4.79. The summed E-state index contributed by atoms with van der Waals surface area (Å²) in [5.41, 5.74) is 1.12. The van der Waals surface area contributed by atoms with Crippen molar-refractivity contribution in [1.29, 1.82) is 0 Å². The van der Waals surface area contributed by atoms with Crippen molar-refractivity contribution >= 4 is 0 Å². The van der Waals surface area contributed by atoms with Gasteiger partial charge in [-0.3, -0.25) is 0 Å². The molecule has 3 unspecified atom stereocenters. The van der Waals surface area contributed by atoms with Gasteiger partial charge in [0.2, 0.25) is 0 Å². The van der Waals surface area contributed by atoms with Crippen molar-refractivity contribution < 1.29 is 8.78 Å². The van der Waals surface area contributed by atoms with Gasteiger partial charge in [-0.1, -0.05) is 13.8 Å². The Labute approximate surface area is 120 Å². The fourth-order valence-corrected chi connectivity index (χ4v) is 3.84. The molecule has 1 saturated carbocycles. The van der Waals surface area contributed by atoms with Crippen LogP contribution in [0, 0.1) is 36.3 Å². The Morgan fingerprint density at radius 3 is 2.20 bits per heavy atom. The van der Waals surface area contributed by atoms with Crippen LogP contribution in [-0.4, -0.2) is 7.05 Å². The highest BCUT2D eigenvalue weighted by Crippen LogP contribution is 2.40. The van der Waals surface area contributed by atoms with Gasteiger partial charge in [-0.25, -0.2) is 8.78 Å². The lowest BCUT2D eigenvalue weighted by Crippen LogP contribution is -2.32. The molecule has 0 aromatic heterocycles. The topological polar surface area (TPSA) is 12.0 Å². The molecule has 20 heavy (non-hydrogen) atoms. The first-order chi connectivity index (χ1) is 9.42. The lowest BCUT2D eigenvalue weighted by atomic mass is 9.72. The van der Waals surface area contributed by atoms with Gasteiger partial charge in [-0.2, -0.15) is 0 Å². The highest BCUT2D eigenvalue weighted by Gasteiger charge is 2.31. The lowest BCUT2D eigenvalue weighted by Gasteiger charge is -2.37. The van der Waals surface area contributed by atoms with Crippen molar-refractivity contribution in [3.05, 3.63) is 34.9 Å². The quantitative estimate of drug-likeness (QED) is 0.853. The van der Waals surface area contributed by atoms with E-state index >= 15 is 0 Å². The van der Waals surface area contributed by atoms with Crippen LogP contribution in [0.25, 0.3) is 0 Å². The zero-order chi connectivity index (χ0) is 14.9. The SMILES string of the molecule is CNC(c1cc(C)c(F)cc1F)C1CC(C)CC(C)C1. The first kappa shape index (κ1) is 15.4. The molecule has 2 rings (SSSR count). The van der Waals surface area contributed by atoms with Crippen LogP contribution in [0.2, 0.25) is 0 Å². The molecule has 1 aromatic rings. The number of halogens is 2. The number of rotatable bonds is 3. The fraction of sp³-hybridized carbons (Fsp3) is 0.647. The molecule has 1 nitrogen and oxygen atoms in total. The predicted octanol–water partition coefficient (Wildman–Crippen LogP) is 4.61. The molecule has 0 radical (unpaired) electrons. The van der Waals surface area contributed by atoms with Gasteiger partial charge >= 0.3 is 0 Å². The van der Waals surface area contributed by atoms with Crippen molar-refractivity contribution in [2.45, 2.75) is 46.1 Å². The van der Waals surface area contributed by atoms with Crippen LogP contribution in [0.5, 0.6) is 0 Å². The molecule has 112 valence electrons. The molecule has 0 bridgehead atoms. The van der Waals surface area contributed by atoms with Crippen LogP contribution in [0.1, 0.15) is 50.3 Å². The minimum atomic E-state index is -0.466. The molecule has 1 aliphatic carbocycles. The van der Waals surface area contributed by atoms with Gasteiger partial charge in [0.15, 0.2) is 0 Å². The fourth-order valence-electron chi connectivity index (χ4n) is 3.84. The first-order valence-corrected chi connectivity index (χ1v) is 7.55. The van der Waals surface area contributed by atoms with E-state index in [1.54, 1.807) is 13.0 Å². The Bertz CT molecular complexity index is 462. The Hall–Kier alpha value is -0.960. The number of nitrogens with one attached hydrogen (secondary N) is 1. The molecule has 3 atom stereocenters. The van der Waals surface area contributed by atoms with Crippen LogP contribution >= 0.6 is 0 Å². The molecule has 1 aromatic carbocycles. The normalized spacial score (nSPS) is 28.4. The molecular formula is C17H25F2N. The lowest BCUT2D eigenvalue weighted by molar-refractivity contribution is 0.178. The average Bonchev–Trinajstić information content (AvgIpc) is 2.35. The van der Waals surface area contributed by atoms with Crippen LogP contribution in [0.4, 0.5) is 8.78 Å². The minimum absolute atomic E-state index is 0.0282. The number of hydrogen-bond acceptors (Lipinski definition) is 1. The number of aryl methyl sites for hydroxylation is 1. The zero-order valence-electron chi connectivity index (χ0n) is 12.8. The van der Waals surface area contributed by atoms with Gasteiger partial charge in [-0.15, -0.1) is 0 Å². The van der Waals surface area contributed by atoms with E-state index in [4.69, 9.17) is 0 Å². The Morgan fingerprint density at radius 1 is 1.05 bits per heavy atom. The molecule has 1 aliphatic rings. The summed E-state index contributed by atoms with van der Waals surface area (Å²) in [5, 5.41) is 3.25. The van der Waals surface area contributed by atoms with Gasteiger partial charge in [0.1, 0.15) is 11.6 Å². The maximum atomic E-state index is 14.1. The van der Waals surface area contributed by atoms with Crippen LogP contribution in [-0.2, 0) is 0 Å². The summed E-state index contributed by atoms with van der Waals surface area (Å²) in [6, 6.07) is 2.65. The largest absolute Gasteiger partial charge is 0.313 e. The third-order valence-electron chi connectivity index (χ3n) is 4.61. The highest BCUT2D eigenvalue weighted by molar-refractivity contribution is 5.29. The summed E-state index contributed by atoms with van der Waals surface area (Å²) in [7, 11) is 1.87. The van der Waals surface area contributed by atoms with E-state index in [1.165, 1.54) is 6.42 Å². The molecule has 3 heteroatoms. The van der Waals surface area contributed by atoms with Crippen molar-refractivity contribution in [3.63, 3.8) is 0 Å². The summed E-state index contributed by atoms with van der Waals surface area (Å²) < 4.78 is 27.6. The average molecular weight is 281 g/mol. The van der Waals surface area contributed by atoms with E-state index in [2.05, 4.69) is 19.2 Å². The Balaban J connectivity index is 2.30. The van der Waals surface area contributed by atoms with Crippen molar-refractivity contribution in [1.82, 2.24) is 5.32 Å². The first-order valence-electron chi connectivity index (χ1n) is 7.55. The molecule has 1 fully saturated rings. The third kappa shape index (κ3) is 3.20. The molecular weight excluding hydrogens is 256 g/mol. The Morgan fingerprint density at radius 2 is 1.65 bits per heavy atom. The van der Waals surface area contributed by atoms with E-state index in [9.17, 15) is 8.78 Å². The number of benzene rings is 1. The molecule has 0 heterocycles. The summed E-state index contributed by atoms with van der Waals surface area (Å²) in [6.07, 6.45) is 3.45. The van der Waals surface area contributed by atoms with E-state index in [-0.39, 0.29) is 6.04 Å². The van der Waals surface area contributed by atoms with E-state index in [0.717, 1.165) is 18.9 Å². The highest BCUT2D eigenvalue weighted by atomic mass is 19.1. The van der Waals surface area contributed by atoms with Crippen LogP contribution < -0.4 is 5.32 Å². The summed E-state index contributed by atoms with van der Waals surface area (Å²) >= 11 is 0. The molecule has 1 N–H and O–H groups in total. The molecule has 0 spiro atoms. The molecule has 0 aliphatic heterocycles. The van der Waals surface area contributed by atoms with Gasteiger partial charge in [0.25, 0.3) is 0 Å². The maximum Gasteiger partial charge on any atom is 0.130 e. The number of hydrogen-bond donors (Lipinski definition) is 1. The second-order valence-corrected chi connectivity index (χ2v) is 6.57. The maximum absolute atomic E-state index is 14.1. The van der Waals surface area contributed by atoms with Crippen molar-refractivity contribution in [2.24, 2.45) is 17.8 Å². The van der Waals surface area contributed by atoms with Crippen molar-refractivity contribution in [2.75, 3.05) is 7.05 Å². The van der Waals surface area contributed by atoms with Gasteiger partial charge in [-0.05, 0) is 62.6 Å². The third-order valence-corrected chi connectivity index (χ3v) is 4.61. The van der Waals surface area contributed by atoms with E-state index in [1.807, 2.05) is 7.05 Å². The second kappa shape index (κ2) is 6.21. The van der Waals surface area contributed by atoms with Gasteiger partial charge in [0.05, 0.1) is 0 Å². The van der Waals surface area contributed by atoms with Gasteiger partial charge in [0, 0.05) is 17.7 Å². The standard InChI is InChI=1S/C17H25F2N/c1-10-5-11(2)7-13(6-10)17(20-4)14-8-12(3)15(18)9-16(14)19/h8-11,13,17,20H,5-7H2,1-4H3. The van der Waals surface area contributed by atoms with Crippen LogP contribution in [0.15, 0.2) is 12.1 Å². The smallest absolute Gasteiger partial charge is 0.130 e. The zero-order valence-corrected chi connectivity index (χ0v) is 12.8. The van der Waals surface area contributed by atoms with Crippen LogP contribution in [0.3, 0.4) is 0 Å². The summed E-state index contributed by atoms with van der Waals surface area (Å²) in [5.74, 6) is 0.858. The monoisotopic (exact) mass is 281 g/mol. The summed E-state index contributed by atoms with van der Waals surface area (Å²) in [4.78, 5) is 0. The second-order valence-electron chi connectivity index (χ2n) is 6.57. The van der Waals surface area contributed by atoms with Gasteiger partial charge < -0.3 is 5.32 Å². The predicted molar refractivity (Wildman–Crippen MR) is 78.6 cm³/mol. The summed E-state index contributed by atoms with van der Waals surface area (Å²) in [6.45, 7) is 6.22. The van der Waals surface area contributed by atoms with E-state index in [0.29, 0.717) is 28.9 Å². The minimum Gasteiger partial charge on any atom is -0.313 e. The molecule has 0 saturated heterocycles. The molecule has 0 amide bonds. The van der Waals surface area contributed by atoms with E-state index < -0.39 is 11.6 Å². The van der Waals surface area contributed by atoms with Crippen molar-refractivity contribution in [3.8, 4) is 0 Å².